The molecule has 0 radical (unpaired) electrons. The fourth-order valence-corrected chi connectivity index (χ4v) is 4.24. The lowest BCUT2D eigenvalue weighted by atomic mass is 10.2. The maximum Gasteiger partial charge on any atom is 0.244 e. The molecule has 0 saturated carbocycles. The zero-order valence-electron chi connectivity index (χ0n) is 12.6. The molecule has 1 fully saturated rings. The van der Waals surface area contributed by atoms with Crippen molar-refractivity contribution in [2.45, 2.75) is 39.2 Å². The maximum atomic E-state index is 11.6. The molecule has 0 spiro atoms. The average molecular weight is 313 g/mol. The van der Waals surface area contributed by atoms with E-state index in [0.717, 1.165) is 19.4 Å². The first-order valence-electron chi connectivity index (χ1n) is 7.46. The third-order valence-corrected chi connectivity index (χ3v) is 5.39. The molecule has 1 aliphatic rings. The number of nitrogens with zero attached hydrogens (tertiary/aromatic N) is 4. The number of aromatic nitrogens is 3. The molecule has 2 rings (SSSR count). The van der Waals surface area contributed by atoms with Crippen LogP contribution in [0.4, 0.5) is 11.8 Å². The van der Waals surface area contributed by atoms with E-state index in [1.807, 2.05) is 11.8 Å². The van der Waals surface area contributed by atoms with E-state index in [2.05, 4.69) is 27.4 Å². The van der Waals surface area contributed by atoms with Crippen LogP contribution in [0.3, 0.4) is 0 Å². The summed E-state index contributed by atoms with van der Waals surface area (Å²) in [6, 6.07) is -0.0137. The van der Waals surface area contributed by atoms with Crippen LogP contribution in [0.15, 0.2) is 6.20 Å². The lowest BCUT2D eigenvalue weighted by Crippen LogP contribution is -2.37. The van der Waals surface area contributed by atoms with Gasteiger partial charge in [-0.05, 0) is 19.8 Å². The second kappa shape index (κ2) is 7.02. The Labute approximate surface area is 126 Å². The lowest BCUT2D eigenvalue weighted by Gasteiger charge is -2.27. The minimum atomic E-state index is -2.91. The molecule has 118 valence electrons. The van der Waals surface area contributed by atoms with Gasteiger partial charge in [0, 0.05) is 19.1 Å². The van der Waals surface area contributed by atoms with Crippen LogP contribution in [0.1, 0.15) is 33.1 Å². The van der Waals surface area contributed by atoms with E-state index in [9.17, 15) is 8.42 Å². The Bertz CT molecular complexity index is 563. The van der Waals surface area contributed by atoms with Crippen LogP contribution in [-0.2, 0) is 9.84 Å². The van der Waals surface area contributed by atoms with Crippen LogP contribution < -0.4 is 10.2 Å². The van der Waals surface area contributed by atoms with Crippen LogP contribution in [0.5, 0.6) is 0 Å². The second-order valence-electron chi connectivity index (χ2n) is 5.26. The Morgan fingerprint density at radius 1 is 1.43 bits per heavy atom. The molecule has 0 bridgehead atoms. The van der Waals surface area contributed by atoms with Crippen molar-refractivity contribution < 1.29 is 8.42 Å². The van der Waals surface area contributed by atoms with Gasteiger partial charge >= 0.3 is 0 Å². The van der Waals surface area contributed by atoms with E-state index in [4.69, 9.17) is 0 Å². The SMILES string of the molecule is CCCCNc1nncc(N(CC)C2CCS(=O)(=O)C2)n1. The van der Waals surface area contributed by atoms with Gasteiger partial charge in [-0.15, -0.1) is 5.10 Å². The molecule has 1 N–H and O–H groups in total. The summed E-state index contributed by atoms with van der Waals surface area (Å²) in [4.78, 5) is 6.46. The van der Waals surface area contributed by atoms with Crippen molar-refractivity contribution in [3.63, 3.8) is 0 Å². The third-order valence-electron chi connectivity index (χ3n) is 3.64. The zero-order chi connectivity index (χ0) is 15.3. The first-order valence-corrected chi connectivity index (χ1v) is 9.28. The molecule has 0 aromatic carbocycles. The molecule has 1 saturated heterocycles. The van der Waals surface area contributed by atoms with Gasteiger partial charge in [-0.3, -0.25) is 0 Å². The Hall–Kier alpha value is -1.44. The molecule has 7 nitrogen and oxygen atoms in total. The lowest BCUT2D eigenvalue weighted by molar-refractivity contribution is 0.599. The van der Waals surface area contributed by atoms with E-state index < -0.39 is 9.84 Å². The fourth-order valence-electron chi connectivity index (χ4n) is 2.51. The smallest absolute Gasteiger partial charge is 0.244 e. The predicted octanol–water partition coefficient (Wildman–Crippen LogP) is 1.10. The molecule has 1 aromatic rings. The number of sulfone groups is 1. The highest BCUT2D eigenvalue weighted by atomic mass is 32.2. The Morgan fingerprint density at radius 3 is 2.86 bits per heavy atom. The molecule has 0 aliphatic carbocycles. The van der Waals surface area contributed by atoms with E-state index in [1.165, 1.54) is 0 Å². The van der Waals surface area contributed by atoms with E-state index in [0.29, 0.717) is 24.7 Å². The van der Waals surface area contributed by atoms with E-state index in [-0.39, 0.29) is 17.5 Å². The number of nitrogens with one attached hydrogen (secondary N) is 1. The van der Waals surface area contributed by atoms with Crippen molar-refractivity contribution in [2.24, 2.45) is 0 Å². The van der Waals surface area contributed by atoms with Gasteiger partial charge in [-0.1, -0.05) is 13.3 Å². The van der Waals surface area contributed by atoms with Crippen molar-refractivity contribution in [1.29, 1.82) is 0 Å². The van der Waals surface area contributed by atoms with Crippen molar-refractivity contribution in [3.05, 3.63) is 6.20 Å². The number of hydrogen-bond acceptors (Lipinski definition) is 7. The normalized spacial score (nSPS) is 20.4. The largest absolute Gasteiger partial charge is 0.353 e. The van der Waals surface area contributed by atoms with Gasteiger partial charge in [0.15, 0.2) is 15.7 Å². The molecule has 0 amide bonds. The summed E-state index contributed by atoms with van der Waals surface area (Å²) < 4.78 is 23.3. The first kappa shape index (κ1) is 15.9. The number of hydrogen-bond donors (Lipinski definition) is 1. The summed E-state index contributed by atoms with van der Waals surface area (Å²) in [6.07, 6.45) is 4.39. The summed E-state index contributed by atoms with van der Waals surface area (Å²) in [6.45, 7) is 5.63. The average Bonchev–Trinajstić information content (AvgIpc) is 2.81. The summed E-state index contributed by atoms with van der Waals surface area (Å²) in [7, 11) is -2.91. The van der Waals surface area contributed by atoms with Crippen molar-refractivity contribution in [1.82, 2.24) is 15.2 Å². The fraction of sp³-hybridized carbons (Fsp3) is 0.769. The van der Waals surface area contributed by atoms with Crippen molar-refractivity contribution >= 4 is 21.6 Å². The molecule has 1 aliphatic heterocycles. The third kappa shape index (κ3) is 4.26. The molecule has 1 aromatic heterocycles. The minimum absolute atomic E-state index is 0.0137. The van der Waals surface area contributed by atoms with Gasteiger partial charge in [-0.2, -0.15) is 10.1 Å². The molecule has 2 heterocycles. The van der Waals surface area contributed by atoms with E-state index >= 15 is 0 Å². The summed E-state index contributed by atoms with van der Waals surface area (Å²) >= 11 is 0. The van der Waals surface area contributed by atoms with Crippen LogP contribution in [0.2, 0.25) is 0 Å². The highest BCUT2D eigenvalue weighted by molar-refractivity contribution is 7.91. The number of unbranched alkanes of at least 4 members (excludes halogenated alkanes) is 1. The Balaban J connectivity index is 2.09. The van der Waals surface area contributed by atoms with Gasteiger partial charge in [-0.25, -0.2) is 8.42 Å². The zero-order valence-corrected chi connectivity index (χ0v) is 13.4. The van der Waals surface area contributed by atoms with Crippen molar-refractivity contribution in [3.8, 4) is 0 Å². The number of rotatable bonds is 7. The topological polar surface area (TPSA) is 88.1 Å². The quantitative estimate of drug-likeness (QED) is 0.754. The highest BCUT2D eigenvalue weighted by Crippen LogP contribution is 2.22. The summed E-state index contributed by atoms with van der Waals surface area (Å²) in [5.74, 6) is 1.64. The number of anilines is 2. The molecule has 1 unspecified atom stereocenters. The Kier molecular flexibility index (Phi) is 5.33. The van der Waals surface area contributed by atoms with Crippen LogP contribution in [0, 0.1) is 0 Å². The van der Waals surface area contributed by atoms with E-state index in [1.54, 1.807) is 6.20 Å². The van der Waals surface area contributed by atoms with Crippen LogP contribution >= 0.6 is 0 Å². The van der Waals surface area contributed by atoms with Gasteiger partial charge in [0.1, 0.15) is 0 Å². The minimum Gasteiger partial charge on any atom is -0.353 e. The molecule has 1 atom stereocenters. The second-order valence-corrected chi connectivity index (χ2v) is 7.49. The highest BCUT2D eigenvalue weighted by Gasteiger charge is 2.32. The van der Waals surface area contributed by atoms with Gasteiger partial charge in [0.2, 0.25) is 5.95 Å². The Morgan fingerprint density at radius 2 is 2.24 bits per heavy atom. The van der Waals surface area contributed by atoms with Gasteiger partial charge in [0.25, 0.3) is 0 Å². The monoisotopic (exact) mass is 313 g/mol. The van der Waals surface area contributed by atoms with Crippen LogP contribution in [0.25, 0.3) is 0 Å². The van der Waals surface area contributed by atoms with Gasteiger partial charge < -0.3 is 10.2 Å². The first-order chi connectivity index (χ1) is 10.1. The van der Waals surface area contributed by atoms with Crippen molar-refractivity contribution in [2.75, 3.05) is 34.8 Å². The molecule has 21 heavy (non-hydrogen) atoms. The molecule has 8 heteroatoms. The standard InChI is InChI=1S/C13H23N5O2S/c1-3-5-7-14-13-16-12(9-15-17-13)18(4-2)11-6-8-21(19,20)10-11/h9,11H,3-8,10H2,1-2H3,(H,14,16,17). The van der Waals surface area contributed by atoms with Gasteiger partial charge in [0.05, 0.1) is 17.7 Å². The maximum absolute atomic E-state index is 11.6. The molecular formula is C13H23N5O2S. The molecular weight excluding hydrogens is 290 g/mol. The summed E-state index contributed by atoms with van der Waals surface area (Å²) in [5.41, 5.74) is 0. The van der Waals surface area contributed by atoms with Crippen LogP contribution in [-0.4, -0.2) is 54.2 Å². The predicted molar refractivity (Wildman–Crippen MR) is 83.3 cm³/mol. The summed E-state index contributed by atoms with van der Waals surface area (Å²) in [5, 5.41) is 11.1.